The van der Waals surface area contributed by atoms with Crippen molar-refractivity contribution >= 4 is 29.1 Å². The van der Waals surface area contributed by atoms with Crippen molar-refractivity contribution in [2.75, 3.05) is 11.1 Å². The van der Waals surface area contributed by atoms with Gasteiger partial charge in [-0.2, -0.15) is 13.2 Å². The number of aromatic amines is 1. The molecule has 0 aliphatic heterocycles. The Morgan fingerprint density at radius 3 is 2.76 bits per heavy atom. The van der Waals surface area contributed by atoms with Crippen LogP contribution in [0.5, 0.6) is 0 Å². The number of anilines is 1. The molecule has 2 heterocycles. The standard InChI is InChI=1S/C18H16F3N5O2S/c19-18(20,21)11-6-2-3-7-12(11)22-14(27)9-29-17-25-24-16-23-15(28)10-5-1-4-8-13(10)26(16)17/h2-3,6-7H,1,4-5,8-9H2,(H,22,27)(H,23,24,28). The molecule has 152 valence electrons. The van der Waals surface area contributed by atoms with Crippen molar-refractivity contribution in [3.8, 4) is 0 Å². The van der Waals surface area contributed by atoms with Gasteiger partial charge in [-0.3, -0.25) is 19.0 Å². The molecule has 0 saturated heterocycles. The number of para-hydroxylation sites is 1. The van der Waals surface area contributed by atoms with E-state index in [0.717, 1.165) is 36.4 Å². The first-order valence-electron chi connectivity index (χ1n) is 8.92. The molecule has 0 fully saturated rings. The van der Waals surface area contributed by atoms with E-state index in [1.165, 1.54) is 18.2 Å². The van der Waals surface area contributed by atoms with E-state index in [-0.39, 0.29) is 17.0 Å². The van der Waals surface area contributed by atoms with E-state index in [2.05, 4.69) is 20.5 Å². The second-order valence-corrected chi connectivity index (χ2v) is 7.55. The highest BCUT2D eigenvalue weighted by atomic mass is 32.2. The molecule has 1 amide bonds. The molecule has 0 spiro atoms. The third-order valence-corrected chi connectivity index (χ3v) is 5.61. The maximum atomic E-state index is 13.1. The van der Waals surface area contributed by atoms with Crippen molar-refractivity contribution in [1.82, 2.24) is 19.6 Å². The topological polar surface area (TPSA) is 92.2 Å². The molecular formula is C18H16F3N5O2S. The largest absolute Gasteiger partial charge is 0.418 e. The molecule has 0 atom stereocenters. The maximum absolute atomic E-state index is 13.1. The number of alkyl halides is 3. The number of carbonyl (C=O) groups excluding carboxylic acids is 1. The molecule has 0 unspecified atom stereocenters. The smallest absolute Gasteiger partial charge is 0.325 e. The highest BCUT2D eigenvalue weighted by molar-refractivity contribution is 7.99. The Kier molecular flexibility index (Phi) is 5.07. The molecule has 7 nitrogen and oxygen atoms in total. The van der Waals surface area contributed by atoms with Gasteiger partial charge in [-0.05, 0) is 37.8 Å². The summed E-state index contributed by atoms with van der Waals surface area (Å²) in [5.74, 6) is -0.455. The van der Waals surface area contributed by atoms with Gasteiger partial charge in [-0.1, -0.05) is 23.9 Å². The van der Waals surface area contributed by atoms with Gasteiger partial charge in [0, 0.05) is 11.3 Å². The molecule has 4 rings (SSSR count). The second-order valence-electron chi connectivity index (χ2n) is 6.61. The van der Waals surface area contributed by atoms with E-state index in [9.17, 15) is 22.8 Å². The van der Waals surface area contributed by atoms with Crippen LogP contribution in [0, 0.1) is 0 Å². The van der Waals surface area contributed by atoms with Gasteiger partial charge in [0.25, 0.3) is 5.56 Å². The van der Waals surface area contributed by atoms with Crippen LogP contribution in [-0.2, 0) is 23.8 Å². The molecule has 11 heteroatoms. The predicted molar refractivity (Wildman–Crippen MR) is 101 cm³/mol. The fourth-order valence-electron chi connectivity index (χ4n) is 3.40. The lowest BCUT2D eigenvalue weighted by atomic mass is 9.97. The van der Waals surface area contributed by atoms with E-state index in [0.29, 0.717) is 29.3 Å². The number of benzene rings is 1. The van der Waals surface area contributed by atoms with Gasteiger partial charge in [0.15, 0.2) is 5.16 Å². The fraction of sp³-hybridized carbons (Fsp3) is 0.333. The summed E-state index contributed by atoms with van der Waals surface area (Å²) in [4.78, 5) is 27.1. The fourth-order valence-corrected chi connectivity index (χ4v) is 4.16. The molecule has 0 bridgehead atoms. The van der Waals surface area contributed by atoms with E-state index in [4.69, 9.17) is 0 Å². The lowest BCUT2D eigenvalue weighted by molar-refractivity contribution is -0.137. The monoisotopic (exact) mass is 423 g/mol. The number of nitrogens with one attached hydrogen (secondary N) is 2. The molecule has 1 aliphatic rings. The molecule has 0 radical (unpaired) electrons. The number of aromatic nitrogens is 4. The zero-order chi connectivity index (χ0) is 20.6. The Morgan fingerprint density at radius 1 is 1.21 bits per heavy atom. The van der Waals surface area contributed by atoms with Crippen molar-refractivity contribution in [2.24, 2.45) is 0 Å². The maximum Gasteiger partial charge on any atom is 0.418 e. The van der Waals surface area contributed by atoms with Crippen molar-refractivity contribution in [3.05, 3.63) is 51.4 Å². The van der Waals surface area contributed by atoms with Crippen molar-refractivity contribution in [3.63, 3.8) is 0 Å². The minimum atomic E-state index is -4.56. The number of fused-ring (bicyclic) bond motifs is 3. The number of amides is 1. The first-order chi connectivity index (χ1) is 13.8. The third-order valence-electron chi connectivity index (χ3n) is 4.68. The number of H-pyrrole nitrogens is 1. The van der Waals surface area contributed by atoms with Crippen LogP contribution in [0.4, 0.5) is 18.9 Å². The Hall–Kier alpha value is -2.82. The summed E-state index contributed by atoms with van der Waals surface area (Å²) in [6, 6.07) is 4.81. The van der Waals surface area contributed by atoms with Gasteiger partial charge < -0.3 is 5.32 Å². The average molecular weight is 423 g/mol. The van der Waals surface area contributed by atoms with Crippen LogP contribution in [-0.4, -0.2) is 31.2 Å². The van der Waals surface area contributed by atoms with Gasteiger partial charge in [0.2, 0.25) is 11.7 Å². The normalized spacial score (nSPS) is 14.0. The minimum absolute atomic E-state index is 0.152. The van der Waals surface area contributed by atoms with Gasteiger partial charge in [0.05, 0.1) is 17.0 Å². The Bertz CT molecular complexity index is 1140. The number of thioether (sulfide) groups is 1. The summed E-state index contributed by atoms with van der Waals surface area (Å²) in [5.41, 5.74) is 0.133. The number of carbonyl (C=O) groups is 1. The van der Waals surface area contributed by atoms with Crippen molar-refractivity contribution in [2.45, 2.75) is 37.0 Å². The number of hydrogen-bond donors (Lipinski definition) is 2. The molecule has 1 aromatic carbocycles. The Labute approximate surface area is 166 Å². The Balaban J connectivity index is 1.54. The minimum Gasteiger partial charge on any atom is -0.325 e. The molecule has 29 heavy (non-hydrogen) atoms. The van der Waals surface area contributed by atoms with Gasteiger partial charge >= 0.3 is 6.18 Å². The Morgan fingerprint density at radius 2 is 1.97 bits per heavy atom. The molecule has 2 aromatic heterocycles. The first kappa shape index (κ1) is 19.5. The quantitative estimate of drug-likeness (QED) is 0.630. The lowest BCUT2D eigenvalue weighted by Crippen LogP contribution is -2.23. The number of halogens is 3. The molecule has 0 saturated carbocycles. The SMILES string of the molecule is O=C(CSc1nnc2[nH]c(=O)c3c(n12)CCCC3)Nc1ccccc1C(F)(F)F. The molecule has 1 aliphatic carbocycles. The summed E-state index contributed by atoms with van der Waals surface area (Å²) in [6.07, 6.45) is -1.34. The molecule has 3 aromatic rings. The van der Waals surface area contributed by atoms with Gasteiger partial charge in [-0.15, -0.1) is 10.2 Å². The van der Waals surface area contributed by atoms with Crippen LogP contribution in [0.2, 0.25) is 0 Å². The summed E-state index contributed by atoms with van der Waals surface area (Å²) in [6.45, 7) is 0. The van der Waals surface area contributed by atoms with E-state index < -0.39 is 17.6 Å². The second kappa shape index (κ2) is 7.54. The lowest BCUT2D eigenvalue weighted by Gasteiger charge is -2.16. The number of rotatable bonds is 4. The summed E-state index contributed by atoms with van der Waals surface area (Å²) < 4.78 is 40.9. The van der Waals surface area contributed by atoms with Crippen LogP contribution in [0.1, 0.15) is 29.7 Å². The summed E-state index contributed by atoms with van der Waals surface area (Å²) in [5, 5.41) is 10.7. The zero-order valence-electron chi connectivity index (χ0n) is 15.0. The predicted octanol–water partition coefficient (Wildman–Crippen LogP) is 3.05. The summed E-state index contributed by atoms with van der Waals surface area (Å²) >= 11 is 1.05. The number of nitrogens with zero attached hydrogens (tertiary/aromatic N) is 3. The average Bonchev–Trinajstić information content (AvgIpc) is 3.09. The number of hydrogen-bond acceptors (Lipinski definition) is 5. The summed E-state index contributed by atoms with van der Waals surface area (Å²) in [7, 11) is 0. The van der Waals surface area contributed by atoms with Crippen LogP contribution >= 0.6 is 11.8 Å². The number of aryl methyl sites for hydroxylation is 1. The van der Waals surface area contributed by atoms with Crippen molar-refractivity contribution in [1.29, 1.82) is 0 Å². The van der Waals surface area contributed by atoms with Crippen LogP contribution < -0.4 is 10.9 Å². The zero-order valence-corrected chi connectivity index (χ0v) is 15.9. The van der Waals surface area contributed by atoms with Crippen LogP contribution in [0.25, 0.3) is 5.78 Å². The molecular weight excluding hydrogens is 407 g/mol. The van der Waals surface area contributed by atoms with E-state index in [1.807, 2.05) is 0 Å². The highest BCUT2D eigenvalue weighted by Gasteiger charge is 2.33. The first-order valence-corrected chi connectivity index (χ1v) is 9.91. The highest BCUT2D eigenvalue weighted by Crippen LogP contribution is 2.34. The third kappa shape index (κ3) is 3.86. The molecule has 2 N–H and O–H groups in total. The van der Waals surface area contributed by atoms with Crippen molar-refractivity contribution < 1.29 is 18.0 Å². The van der Waals surface area contributed by atoms with Crippen LogP contribution in [0.15, 0.2) is 34.2 Å². The van der Waals surface area contributed by atoms with E-state index >= 15 is 0 Å². The van der Waals surface area contributed by atoms with E-state index in [1.54, 1.807) is 4.40 Å². The van der Waals surface area contributed by atoms with Crippen LogP contribution in [0.3, 0.4) is 0 Å². The van der Waals surface area contributed by atoms with Gasteiger partial charge in [-0.25, -0.2) is 0 Å². The van der Waals surface area contributed by atoms with Gasteiger partial charge in [0.1, 0.15) is 0 Å².